The maximum absolute atomic E-state index is 11.4. The standard InChI is InChI=1S/C10H14O3/c1-10(2,3)13-9(11)8-6-4-5-7-12-8/h4-6H,7H2,1-3H3. The molecule has 0 aromatic rings. The predicted molar refractivity (Wildman–Crippen MR) is 49.0 cm³/mol. The first kappa shape index (κ1) is 9.84. The monoisotopic (exact) mass is 182 g/mol. The summed E-state index contributed by atoms with van der Waals surface area (Å²) in [6.07, 6.45) is 5.22. The minimum absolute atomic E-state index is 0.275. The van der Waals surface area contributed by atoms with Gasteiger partial charge in [0.1, 0.15) is 12.2 Å². The van der Waals surface area contributed by atoms with Gasteiger partial charge in [-0.25, -0.2) is 4.79 Å². The number of hydrogen-bond acceptors (Lipinski definition) is 3. The summed E-state index contributed by atoms with van der Waals surface area (Å²) in [5.74, 6) is -0.130. The average molecular weight is 182 g/mol. The van der Waals surface area contributed by atoms with E-state index in [0.717, 1.165) is 0 Å². The predicted octanol–water partition coefficient (Wildman–Crippen LogP) is 1.80. The summed E-state index contributed by atoms with van der Waals surface area (Å²) in [6, 6.07) is 0. The van der Waals surface area contributed by atoms with E-state index in [4.69, 9.17) is 9.47 Å². The van der Waals surface area contributed by atoms with Crippen LogP contribution < -0.4 is 0 Å². The zero-order chi connectivity index (χ0) is 9.90. The lowest BCUT2D eigenvalue weighted by Crippen LogP contribution is -2.26. The van der Waals surface area contributed by atoms with Crippen LogP contribution in [0, 0.1) is 0 Å². The van der Waals surface area contributed by atoms with Crippen molar-refractivity contribution in [1.29, 1.82) is 0 Å². The molecule has 1 rings (SSSR count). The third kappa shape index (κ3) is 3.32. The fourth-order valence-corrected chi connectivity index (χ4v) is 0.852. The number of carbonyl (C=O) groups is 1. The SMILES string of the molecule is CC(C)(C)OC(=O)C1=CC=CCO1. The fourth-order valence-electron chi connectivity index (χ4n) is 0.852. The van der Waals surface area contributed by atoms with E-state index < -0.39 is 11.6 Å². The highest BCUT2D eigenvalue weighted by atomic mass is 16.6. The normalized spacial score (nSPS) is 16.1. The minimum atomic E-state index is -0.470. The first-order valence-electron chi connectivity index (χ1n) is 4.22. The van der Waals surface area contributed by atoms with Crippen LogP contribution in [-0.2, 0) is 14.3 Å². The molecule has 0 saturated heterocycles. The van der Waals surface area contributed by atoms with Crippen LogP contribution in [0.5, 0.6) is 0 Å². The largest absolute Gasteiger partial charge is 0.482 e. The fraction of sp³-hybridized carbons (Fsp3) is 0.500. The molecule has 0 radical (unpaired) electrons. The highest BCUT2D eigenvalue weighted by Crippen LogP contribution is 2.13. The van der Waals surface area contributed by atoms with Gasteiger partial charge in [0.25, 0.3) is 0 Å². The zero-order valence-corrected chi connectivity index (χ0v) is 8.16. The van der Waals surface area contributed by atoms with Gasteiger partial charge in [0, 0.05) is 0 Å². The van der Waals surface area contributed by atoms with Crippen molar-refractivity contribution in [3.63, 3.8) is 0 Å². The first-order chi connectivity index (χ1) is 5.99. The van der Waals surface area contributed by atoms with Gasteiger partial charge < -0.3 is 9.47 Å². The van der Waals surface area contributed by atoms with Crippen molar-refractivity contribution in [3.05, 3.63) is 24.0 Å². The summed E-state index contributed by atoms with van der Waals surface area (Å²) in [7, 11) is 0. The van der Waals surface area contributed by atoms with E-state index >= 15 is 0 Å². The number of allylic oxidation sites excluding steroid dienone is 2. The van der Waals surface area contributed by atoms with Crippen LogP contribution in [0.1, 0.15) is 20.8 Å². The van der Waals surface area contributed by atoms with E-state index in [0.29, 0.717) is 6.61 Å². The van der Waals surface area contributed by atoms with Gasteiger partial charge in [0.15, 0.2) is 0 Å². The lowest BCUT2D eigenvalue weighted by atomic mass is 10.2. The first-order valence-corrected chi connectivity index (χ1v) is 4.22. The van der Waals surface area contributed by atoms with Crippen LogP contribution in [0.2, 0.25) is 0 Å². The molecule has 3 nitrogen and oxygen atoms in total. The van der Waals surface area contributed by atoms with Crippen molar-refractivity contribution < 1.29 is 14.3 Å². The Bertz CT molecular complexity index is 256. The van der Waals surface area contributed by atoms with Gasteiger partial charge in [-0.1, -0.05) is 6.08 Å². The average Bonchev–Trinajstić information content (AvgIpc) is 2.03. The second-order valence-electron chi connectivity index (χ2n) is 3.77. The summed E-state index contributed by atoms with van der Waals surface area (Å²) in [4.78, 5) is 11.4. The molecule has 3 heteroatoms. The Kier molecular flexibility index (Phi) is 2.76. The molecule has 0 saturated carbocycles. The molecular formula is C10H14O3. The van der Waals surface area contributed by atoms with Crippen LogP contribution in [0.25, 0.3) is 0 Å². The molecule has 13 heavy (non-hydrogen) atoms. The smallest absolute Gasteiger partial charge is 0.374 e. The second-order valence-corrected chi connectivity index (χ2v) is 3.77. The van der Waals surface area contributed by atoms with Crippen LogP contribution in [0.15, 0.2) is 24.0 Å². The summed E-state index contributed by atoms with van der Waals surface area (Å²) in [5, 5.41) is 0. The highest BCUT2D eigenvalue weighted by molar-refractivity contribution is 5.87. The third-order valence-corrected chi connectivity index (χ3v) is 1.32. The maximum atomic E-state index is 11.4. The quantitative estimate of drug-likeness (QED) is 0.580. The van der Waals surface area contributed by atoms with Gasteiger partial charge in [0.2, 0.25) is 5.76 Å². The molecule has 0 spiro atoms. The van der Waals surface area contributed by atoms with Crippen LogP contribution in [-0.4, -0.2) is 18.2 Å². The summed E-state index contributed by atoms with van der Waals surface area (Å²) in [6.45, 7) is 5.91. The Morgan fingerprint density at radius 1 is 1.54 bits per heavy atom. The molecule has 1 aliphatic heterocycles. The summed E-state index contributed by atoms with van der Waals surface area (Å²) in [5.41, 5.74) is -0.470. The van der Waals surface area contributed by atoms with Crippen molar-refractivity contribution in [2.75, 3.05) is 6.61 Å². The van der Waals surface area contributed by atoms with Crippen LogP contribution >= 0.6 is 0 Å². The topological polar surface area (TPSA) is 35.5 Å². The van der Waals surface area contributed by atoms with Crippen LogP contribution in [0.4, 0.5) is 0 Å². The number of ether oxygens (including phenoxy) is 2. The summed E-state index contributed by atoms with van der Waals surface area (Å²) < 4.78 is 10.2. The molecule has 1 aliphatic rings. The number of esters is 1. The van der Waals surface area contributed by atoms with E-state index in [9.17, 15) is 4.79 Å². The third-order valence-electron chi connectivity index (χ3n) is 1.32. The van der Waals surface area contributed by atoms with E-state index in [1.165, 1.54) is 0 Å². The number of hydrogen-bond donors (Lipinski definition) is 0. The number of carbonyl (C=O) groups excluding carboxylic acids is 1. The Balaban J connectivity index is 2.58. The van der Waals surface area contributed by atoms with E-state index in [1.807, 2.05) is 26.8 Å². The van der Waals surface area contributed by atoms with Gasteiger partial charge in [-0.2, -0.15) is 0 Å². The highest BCUT2D eigenvalue weighted by Gasteiger charge is 2.20. The summed E-state index contributed by atoms with van der Waals surface area (Å²) >= 11 is 0. The Hall–Kier alpha value is -1.25. The van der Waals surface area contributed by atoms with Gasteiger partial charge in [-0.15, -0.1) is 0 Å². The van der Waals surface area contributed by atoms with Crippen molar-refractivity contribution in [2.45, 2.75) is 26.4 Å². The lowest BCUT2D eigenvalue weighted by Gasteiger charge is -2.20. The molecule has 0 amide bonds. The van der Waals surface area contributed by atoms with Gasteiger partial charge in [-0.3, -0.25) is 0 Å². The van der Waals surface area contributed by atoms with E-state index in [2.05, 4.69) is 0 Å². The Morgan fingerprint density at radius 2 is 2.23 bits per heavy atom. The molecule has 0 unspecified atom stereocenters. The van der Waals surface area contributed by atoms with Crippen molar-refractivity contribution in [1.82, 2.24) is 0 Å². The van der Waals surface area contributed by atoms with Gasteiger partial charge in [-0.05, 0) is 32.9 Å². The Morgan fingerprint density at radius 3 is 2.69 bits per heavy atom. The van der Waals surface area contributed by atoms with Crippen molar-refractivity contribution >= 4 is 5.97 Å². The van der Waals surface area contributed by atoms with Crippen molar-refractivity contribution in [2.24, 2.45) is 0 Å². The zero-order valence-electron chi connectivity index (χ0n) is 8.16. The second kappa shape index (κ2) is 3.64. The molecule has 0 atom stereocenters. The lowest BCUT2D eigenvalue weighted by molar-refractivity contribution is -0.154. The molecule has 0 aliphatic carbocycles. The van der Waals surface area contributed by atoms with Crippen molar-refractivity contribution in [3.8, 4) is 0 Å². The van der Waals surface area contributed by atoms with Gasteiger partial charge >= 0.3 is 5.97 Å². The molecular weight excluding hydrogens is 168 g/mol. The maximum Gasteiger partial charge on any atom is 0.374 e. The molecule has 0 fully saturated rings. The number of rotatable bonds is 1. The molecule has 0 N–H and O–H groups in total. The Labute approximate surface area is 78.0 Å². The molecule has 72 valence electrons. The van der Waals surface area contributed by atoms with E-state index in [-0.39, 0.29) is 5.76 Å². The molecule has 0 bridgehead atoms. The molecule has 0 aromatic carbocycles. The molecule has 1 heterocycles. The van der Waals surface area contributed by atoms with E-state index in [1.54, 1.807) is 12.2 Å². The van der Waals surface area contributed by atoms with Crippen LogP contribution in [0.3, 0.4) is 0 Å². The molecule has 0 aromatic heterocycles. The minimum Gasteiger partial charge on any atom is -0.482 e. The van der Waals surface area contributed by atoms with Gasteiger partial charge in [0.05, 0.1) is 0 Å².